The van der Waals surface area contributed by atoms with Crippen molar-refractivity contribution in [2.24, 2.45) is 0 Å². The van der Waals surface area contributed by atoms with Crippen molar-refractivity contribution in [3.63, 3.8) is 0 Å². The number of benzene rings is 5. The van der Waals surface area contributed by atoms with Crippen molar-refractivity contribution in [1.29, 1.82) is 0 Å². The molecular formula is C53H49N3. The Hall–Kier alpha value is -6.84. The highest BCUT2D eigenvalue weighted by Gasteiger charge is 2.35. The average molecular weight is 728 g/mol. The first-order valence-corrected chi connectivity index (χ1v) is 19.1. The van der Waals surface area contributed by atoms with Gasteiger partial charge in [-0.15, -0.1) is 0 Å². The van der Waals surface area contributed by atoms with E-state index in [9.17, 15) is 0 Å². The molecule has 1 heterocycles. The Morgan fingerprint density at radius 2 is 1.38 bits per heavy atom. The summed E-state index contributed by atoms with van der Waals surface area (Å²) in [6.45, 7) is 25.3. The van der Waals surface area contributed by atoms with Crippen molar-refractivity contribution in [3.05, 3.63) is 224 Å². The molecule has 3 nitrogen and oxygen atoms in total. The monoisotopic (exact) mass is 727 g/mol. The number of rotatable bonds is 13. The number of para-hydroxylation sites is 1. The summed E-state index contributed by atoms with van der Waals surface area (Å²) in [6.07, 6.45) is 19.4. The van der Waals surface area contributed by atoms with E-state index in [0.717, 1.165) is 44.8 Å². The molecule has 5 aromatic carbocycles. The zero-order valence-electron chi connectivity index (χ0n) is 32.9. The van der Waals surface area contributed by atoms with E-state index in [1.807, 2.05) is 68.5 Å². The lowest BCUT2D eigenvalue weighted by atomic mass is 9.82. The number of anilines is 1. The van der Waals surface area contributed by atoms with Crippen molar-refractivity contribution in [2.45, 2.75) is 33.1 Å². The van der Waals surface area contributed by atoms with Crippen LogP contribution in [-0.2, 0) is 5.41 Å². The third-order valence-electron chi connectivity index (χ3n) is 10.8. The van der Waals surface area contributed by atoms with Gasteiger partial charge in [-0.3, -0.25) is 0 Å². The van der Waals surface area contributed by atoms with Crippen LogP contribution in [0.15, 0.2) is 207 Å². The Kier molecular flexibility index (Phi) is 10.6. The van der Waals surface area contributed by atoms with Gasteiger partial charge in [-0.2, -0.15) is 0 Å². The molecule has 0 saturated heterocycles. The summed E-state index contributed by atoms with van der Waals surface area (Å²) >= 11 is 0. The molecule has 0 atom stereocenters. The van der Waals surface area contributed by atoms with Crippen LogP contribution < -0.4 is 10.9 Å². The minimum absolute atomic E-state index is 0.0799. The van der Waals surface area contributed by atoms with E-state index in [4.69, 9.17) is 0 Å². The molecule has 1 aliphatic rings. The van der Waals surface area contributed by atoms with E-state index < -0.39 is 0 Å². The van der Waals surface area contributed by atoms with Gasteiger partial charge in [-0.05, 0) is 107 Å². The molecule has 56 heavy (non-hydrogen) atoms. The number of aromatic nitrogens is 1. The van der Waals surface area contributed by atoms with Gasteiger partial charge in [0.05, 0.1) is 22.4 Å². The van der Waals surface area contributed by atoms with Crippen LogP contribution in [0.5, 0.6) is 0 Å². The zero-order valence-corrected chi connectivity index (χ0v) is 32.9. The first-order chi connectivity index (χ1) is 27.2. The van der Waals surface area contributed by atoms with Crippen LogP contribution in [0.4, 0.5) is 5.69 Å². The fourth-order valence-corrected chi connectivity index (χ4v) is 7.95. The highest BCUT2D eigenvalue weighted by molar-refractivity contribution is 6.10. The van der Waals surface area contributed by atoms with Gasteiger partial charge in [-0.25, -0.2) is 0 Å². The van der Waals surface area contributed by atoms with Crippen molar-refractivity contribution < 1.29 is 0 Å². The van der Waals surface area contributed by atoms with Gasteiger partial charge in [0.1, 0.15) is 0 Å². The van der Waals surface area contributed by atoms with E-state index >= 15 is 0 Å². The van der Waals surface area contributed by atoms with Crippen LogP contribution in [0.25, 0.3) is 55.3 Å². The van der Waals surface area contributed by atoms with E-state index in [1.165, 1.54) is 49.7 Å². The van der Waals surface area contributed by atoms with Gasteiger partial charge in [0.15, 0.2) is 0 Å². The Balaban J connectivity index is 1.30. The number of nitrogens with one attached hydrogen (secondary N) is 2. The highest BCUT2D eigenvalue weighted by Crippen LogP contribution is 2.49. The van der Waals surface area contributed by atoms with Crippen LogP contribution >= 0.6 is 0 Å². The summed E-state index contributed by atoms with van der Waals surface area (Å²) in [7, 11) is 0. The maximum Gasteiger partial charge on any atom is 0.0618 e. The molecule has 0 radical (unpaired) electrons. The Bertz CT molecular complexity index is 2700. The number of hydrogen-bond donors (Lipinski definition) is 2. The topological polar surface area (TPSA) is 29.0 Å². The van der Waals surface area contributed by atoms with Crippen molar-refractivity contribution in [3.8, 4) is 27.9 Å². The molecule has 1 aromatic heterocycles. The zero-order chi connectivity index (χ0) is 39.4. The molecule has 2 N–H and O–H groups in total. The van der Waals surface area contributed by atoms with Crippen molar-refractivity contribution >= 4 is 33.1 Å². The molecule has 0 saturated carbocycles. The SMILES string of the molecule is C=C/C(NNc1ccc(-c2ccc3c(c2)c2ccccc2n3-c2ccc3c(c2)C(C)(C)c2ccccc2-3)cc1C(=C)/C=C\C=C/C)=C(C=C)/C(C=C)=C/C=C\C. The fourth-order valence-electron chi connectivity index (χ4n) is 7.95. The first kappa shape index (κ1) is 37.5. The number of hydrazine groups is 1. The van der Waals surface area contributed by atoms with Crippen LogP contribution in [0.2, 0.25) is 0 Å². The summed E-state index contributed by atoms with van der Waals surface area (Å²) in [5.74, 6) is 0. The van der Waals surface area contributed by atoms with Gasteiger partial charge in [0.25, 0.3) is 0 Å². The van der Waals surface area contributed by atoms with Gasteiger partial charge in [0, 0.05) is 33.0 Å². The Morgan fingerprint density at radius 1 is 0.661 bits per heavy atom. The third-order valence-corrected chi connectivity index (χ3v) is 10.8. The minimum Gasteiger partial charge on any atom is -0.309 e. The lowest BCUT2D eigenvalue weighted by Gasteiger charge is -2.22. The van der Waals surface area contributed by atoms with Gasteiger partial charge < -0.3 is 15.4 Å². The number of hydrogen-bond acceptors (Lipinski definition) is 2. The predicted octanol–water partition coefficient (Wildman–Crippen LogP) is 14.1. The molecule has 0 amide bonds. The number of allylic oxidation sites excluding steroid dienone is 13. The molecule has 0 bridgehead atoms. The van der Waals surface area contributed by atoms with Gasteiger partial charge >= 0.3 is 0 Å². The molecule has 3 heteroatoms. The molecule has 7 rings (SSSR count). The number of nitrogens with zero attached hydrogens (tertiary/aromatic N) is 1. The molecule has 1 aliphatic carbocycles. The van der Waals surface area contributed by atoms with Crippen molar-refractivity contribution in [2.75, 3.05) is 5.43 Å². The second-order valence-electron chi connectivity index (χ2n) is 14.5. The molecule has 276 valence electrons. The minimum atomic E-state index is -0.0799. The summed E-state index contributed by atoms with van der Waals surface area (Å²) in [5.41, 5.74) is 23.2. The average Bonchev–Trinajstić information content (AvgIpc) is 3.68. The maximum atomic E-state index is 4.47. The highest BCUT2D eigenvalue weighted by atomic mass is 15.4. The summed E-state index contributed by atoms with van der Waals surface area (Å²) in [6, 6.07) is 37.8. The molecule has 0 unspecified atom stereocenters. The quantitative estimate of drug-likeness (QED) is 0.0916. The smallest absolute Gasteiger partial charge is 0.0618 e. The Morgan fingerprint density at radius 3 is 2.14 bits per heavy atom. The van der Waals surface area contributed by atoms with E-state index in [2.05, 4.69) is 159 Å². The predicted molar refractivity (Wildman–Crippen MR) is 244 cm³/mol. The molecule has 6 aromatic rings. The van der Waals surface area contributed by atoms with Gasteiger partial charge in [0.2, 0.25) is 0 Å². The number of fused-ring (bicyclic) bond motifs is 6. The molecule has 0 fully saturated rings. The largest absolute Gasteiger partial charge is 0.309 e. The molecule has 0 aliphatic heterocycles. The second kappa shape index (κ2) is 15.9. The lowest BCUT2D eigenvalue weighted by Crippen LogP contribution is -2.22. The van der Waals surface area contributed by atoms with Crippen LogP contribution in [0, 0.1) is 0 Å². The van der Waals surface area contributed by atoms with E-state index in [-0.39, 0.29) is 5.41 Å². The molecular weight excluding hydrogens is 679 g/mol. The maximum absolute atomic E-state index is 4.47. The van der Waals surface area contributed by atoms with E-state index in [1.54, 1.807) is 6.08 Å². The van der Waals surface area contributed by atoms with Crippen LogP contribution in [-0.4, -0.2) is 4.57 Å². The second-order valence-corrected chi connectivity index (χ2v) is 14.5. The normalized spacial score (nSPS) is 14.0. The summed E-state index contributed by atoms with van der Waals surface area (Å²) < 4.78 is 2.42. The van der Waals surface area contributed by atoms with E-state index in [0.29, 0.717) is 0 Å². The standard InChI is InChI=1S/C53H49N3/c1-9-14-16-21-36(6)45-33-38(27-31-50(45)55-54-49(13-5)41(12-4)37(11-3)22-15-10-2)39-28-32-52-46(34-39)44-24-18-20-26-51(44)56(52)40-29-30-43-42-23-17-19-25-47(42)53(7,8)48(43)35-40/h9-35,54-55H,3-6H2,1-2,7-8H3/b14-9-,15-10-,21-16-,37-22+,49-41-. The van der Waals surface area contributed by atoms with Crippen LogP contribution in [0.1, 0.15) is 44.4 Å². The van der Waals surface area contributed by atoms with Gasteiger partial charge in [-0.1, -0.05) is 156 Å². The first-order valence-electron chi connectivity index (χ1n) is 19.1. The lowest BCUT2D eigenvalue weighted by molar-refractivity contribution is 0.660. The fraction of sp³-hybridized carbons (Fsp3) is 0.0943. The van der Waals surface area contributed by atoms with Crippen LogP contribution in [0.3, 0.4) is 0 Å². The summed E-state index contributed by atoms with van der Waals surface area (Å²) in [4.78, 5) is 0. The Labute approximate surface area is 332 Å². The third kappa shape index (κ3) is 6.73. The molecule has 0 spiro atoms. The van der Waals surface area contributed by atoms with Crippen molar-refractivity contribution in [1.82, 2.24) is 9.99 Å². The summed E-state index contributed by atoms with van der Waals surface area (Å²) in [5, 5.41) is 2.43.